The van der Waals surface area contributed by atoms with Gasteiger partial charge in [0, 0.05) is 6.92 Å². The van der Waals surface area contributed by atoms with Crippen molar-refractivity contribution in [3.05, 3.63) is 61.9 Å². The van der Waals surface area contributed by atoms with Gasteiger partial charge >= 0.3 is 5.97 Å². The molecule has 0 N–H and O–H groups in total. The summed E-state index contributed by atoms with van der Waals surface area (Å²) in [7, 11) is 1.50. The third-order valence-corrected chi connectivity index (χ3v) is 5.56. The molecule has 4 rings (SSSR count). The number of benzene rings is 2. The standard InChI is InChI=1S/C21H18N2O4S/c1-11-7-15-16(8-12(11)2)23-20(25)19(28-21(23)22-15)10-14-5-6-17(26-4)18(9-14)27-13(3)24/h5-10H,1-4H3. The molecule has 0 saturated heterocycles. The van der Waals surface area contributed by atoms with Crippen LogP contribution in [0, 0.1) is 13.8 Å². The van der Waals surface area contributed by atoms with Crippen LogP contribution in [-0.4, -0.2) is 22.5 Å². The number of aryl methyl sites for hydroxylation is 2. The van der Waals surface area contributed by atoms with Crippen molar-refractivity contribution in [1.82, 2.24) is 9.38 Å². The molecule has 0 aliphatic carbocycles. The van der Waals surface area contributed by atoms with Crippen molar-refractivity contribution in [3.8, 4) is 11.5 Å². The van der Waals surface area contributed by atoms with Crippen LogP contribution in [0.4, 0.5) is 0 Å². The van der Waals surface area contributed by atoms with Gasteiger partial charge in [-0.25, -0.2) is 9.38 Å². The Balaban J connectivity index is 1.88. The Morgan fingerprint density at radius 1 is 1.14 bits per heavy atom. The summed E-state index contributed by atoms with van der Waals surface area (Å²) in [5.41, 5.74) is 4.51. The van der Waals surface area contributed by atoms with E-state index in [1.165, 1.54) is 25.4 Å². The van der Waals surface area contributed by atoms with Crippen LogP contribution in [0.2, 0.25) is 0 Å². The molecule has 2 heterocycles. The van der Waals surface area contributed by atoms with Crippen molar-refractivity contribution in [2.75, 3.05) is 7.11 Å². The van der Waals surface area contributed by atoms with Crippen LogP contribution in [0.3, 0.4) is 0 Å². The zero-order valence-electron chi connectivity index (χ0n) is 15.9. The Bertz CT molecular complexity index is 1350. The van der Waals surface area contributed by atoms with Crippen molar-refractivity contribution >= 4 is 39.4 Å². The third-order valence-electron chi connectivity index (χ3n) is 4.59. The average molecular weight is 394 g/mol. The Morgan fingerprint density at radius 3 is 2.61 bits per heavy atom. The molecule has 0 aliphatic rings. The van der Waals surface area contributed by atoms with Crippen LogP contribution in [-0.2, 0) is 4.79 Å². The van der Waals surface area contributed by atoms with E-state index in [1.807, 2.05) is 26.0 Å². The quantitative estimate of drug-likeness (QED) is 0.395. The monoisotopic (exact) mass is 394 g/mol. The fraction of sp³-hybridized carbons (Fsp3) is 0.190. The van der Waals surface area contributed by atoms with E-state index in [9.17, 15) is 9.59 Å². The number of esters is 1. The molecule has 7 heteroatoms. The summed E-state index contributed by atoms with van der Waals surface area (Å²) in [6.07, 6.45) is 1.76. The van der Waals surface area contributed by atoms with E-state index < -0.39 is 5.97 Å². The topological polar surface area (TPSA) is 69.9 Å². The normalized spacial score (nSPS) is 12.1. The lowest BCUT2D eigenvalue weighted by Gasteiger charge is -2.08. The largest absolute Gasteiger partial charge is 0.493 e. The molecule has 0 unspecified atom stereocenters. The van der Waals surface area contributed by atoms with Crippen LogP contribution >= 0.6 is 11.3 Å². The predicted octanol–water partition coefficient (Wildman–Crippen LogP) is 3.01. The van der Waals surface area contributed by atoms with E-state index in [-0.39, 0.29) is 5.56 Å². The number of thiazole rings is 1. The number of rotatable bonds is 3. The van der Waals surface area contributed by atoms with Gasteiger partial charge in [-0.1, -0.05) is 17.4 Å². The van der Waals surface area contributed by atoms with Gasteiger partial charge in [0.1, 0.15) is 0 Å². The van der Waals surface area contributed by atoms with Gasteiger partial charge in [0.15, 0.2) is 16.5 Å². The fourth-order valence-electron chi connectivity index (χ4n) is 3.09. The van der Waals surface area contributed by atoms with E-state index >= 15 is 0 Å². The molecule has 4 aromatic rings. The SMILES string of the molecule is COc1ccc(C=c2sc3nc4cc(C)c(C)cc4n3c2=O)cc1OC(C)=O. The minimum absolute atomic E-state index is 0.115. The fourth-order valence-corrected chi connectivity index (χ4v) is 4.07. The molecule has 0 radical (unpaired) electrons. The summed E-state index contributed by atoms with van der Waals surface area (Å²) in [6.45, 7) is 5.38. The smallest absolute Gasteiger partial charge is 0.308 e. The van der Waals surface area contributed by atoms with E-state index in [2.05, 4.69) is 4.98 Å². The van der Waals surface area contributed by atoms with Crippen molar-refractivity contribution in [2.24, 2.45) is 0 Å². The lowest BCUT2D eigenvalue weighted by molar-refractivity contribution is -0.132. The Hall–Kier alpha value is -3.19. The molecule has 0 aliphatic heterocycles. The maximum absolute atomic E-state index is 13.0. The van der Waals surface area contributed by atoms with E-state index in [4.69, 9.17) is 9.47 Å². The molecule has 0 amide bonds. The van der Waals surface area contributed by atoms with Gasteiger partial charge in [0.05, 0.1) is 22.7 Å². The first kappa shape index (κ1) is 18.2. The number of nitrogens with zero attached hydrogens (tertiary/aromatic N) is 2. The summed E-state index contributed by atoms with van der Waals surface area (Å²) < 4.78 is 12.6. The maximum Gasteiger partial charge on any atom is 0.308 e. The first-order valence-electron chi connectivity index (χ1n) is 8.68. The Kier molecular flexibility index (Phi) is 4.39. The number of carbonyl (C=O) groups is 1. The van der Waals surface area contributed by atoms with Crippen LogP contribution in [0.15, 0.2) is 35.1 Å². The molecular weight excluding hydrogens is 376 g/mol. The van der Waals surface area contributed by atoms with Gasteiger partial charge in [-0.2, -0.15) is 0 Å². The number of ether oxygens (including phenoxy) is 2. The first-order chi connectivity index (χ1) is 13.4. The molecule has 2 aromatic carbocycles. The lowest BCUT2D eigenvalue weighted by atomic mass is 10.1. The van der Waals surface area contributed by atoms with Crippen LogP contribution in [0.5, 0.6) is 11.5 Å². The third kappa shape index (κ3) is 3.03. The summed E-state index contributed by atoms with van der Waals surface area (Å²) in [5, 5.41) is 0. The number of carbonyl (C=O) groups excluding carboxylic acids is 1. The highest BCUT2D eigenvalue weighted by Gasteiger charge is 2.13. The molecule has 0 atom stereocenters. The van der Waals surface area contributed by atoms with Gasteiger partial charge in [-0.15, -0.1) is 0 Å². The molecule has 0 saturated carbocycles. The van der Waals surface area contributed by atoms with Crippen molar-refractivity contribution in [3.63, 3.8) is 0 Å². The second-order valence-corrected chi connectivity index (χ2v) is 7.58. The van der Waals surface area contributed by atoms with Gasteiger partial charge in [-0.05, 0) is 60.9 Å². The van der Waals surface area contributed by atoms with Crippen molar-refractivity contribution < 1.29 is 14.3 Å². The molecule has 142 valence electrons. The highest BCUT2D eigenvalue weighted by Crippen LogP contribution is 2.28. The number of methoxy groups -OCH3 is 1. The van der Waals surface area contributed by atoms with Gasteiger partial charge < -0.3 is 9.47 Å². The number of fused-ring (bicyclic) bond motifs is 3. The van der Waals surface area contributed by atoms with Crippen molar-refractivity contribution in [1.29, 1.82) is 0 Å². The molecule has 0 spiro atoms. The summed E-state index contributed by atoms with van der Waals surface area (Å²) >= 11 is 1.33. The Labute approximate surface area is 164 Å². The lowest BCUT2D eigenvalue weighted by Crippen LogP contribution is -2.22. The second kappa shape index (κ2) is 6.76. The summed E-state index contributed by atoms with van der Waals surface area (Å²) in [5.74, 6) is 0.327. The first-order valence-corrected chi connectivity index (χ1v) is 9.49. The van der Waals surface area contributed by atoms with Gasteiger partial charge in [0.2, 0.25) is 0 Å². The summed E-state index contributed by atoms with van der Waals surface area (Å²) in [6, 6.07) is 9.18. The minimum atomic E-state index is -0.438. The number of hydrogen-bond acceptors (Lipinski definition) is 6. The molecular formula is C21H18N2O4S. The average Bonchev–Trinajstić information content (AvgIpc) is 3.12. The van der Waals surface area contributed by atoms with Crippen LogP contribution in [0.25, 0.3) is 22.1 Å². The zero-order valence-corrected chi connectivity index (χ0v) is 16.7. The number of imidazole rings is 1. The summed E-state index contributed by atoms with van der Waals surface area (Å²) in [4.78, 5) is 29.6. The molecule has 6 nitrogen and oxygen atoms in total. The molecule has 0 fully saturated rings. The van der Waals surface area contributed by atoms with E-state index in [0.29, 0.717) is 21.0 Å². The maximum atomic E-state index is 13.0. The van der Waals surface area contributed by atoms with Crippen LogP contribution in [0.1, 0.15) is 23.6 Å². The minimum Gasteiger partial charge on any atom is -0.493 e. The molecule has 2 aromatic heterocycles. The van der Waals surface area contributed by atoms with Crippen LogP contribution < -0.4 is 19.6 Å². The highest BCUT2D eigenvalue weighted by atomic mass is 32.1. The van der Waals surface area contributed by atoms with Crippen molar-refractivity contribution in [2.45, 2.75) is 20.8 Å². The predicted molar refractivity (Wildman–Crippen MR) is 109 cm³/mol. The molecule has 0 bridgehead atoms. The Morgan fingerprint density at radius 2 is 1.89 bits per heavy atom. The van der Waals surface area contributed by atoms with Gasteiger partial charge in [-0.3, -0.25) is 9.59 Å². The second-order valence-electron chi connectivity index (χ2n) is 6.57. The van der Waals surface area contributed by atoms with E-state index in [0.717, 1.165) is 27.7 Å². The van der Waals surface area contributed by atoms with E-state index in [1.54, 1.807) is 28.7 Å². The number of hydrogen-bond donors (Lipinski definition) is 0. The number of aromatic nitrogens is 2. The molecule has 28 heavy (non-hydrogen) atoms. The highest BCUT2D eigenvalue weighted by molar-refractivity contribution is 7.15. The van der Waals surface area contributed by atoms with Gasteiger partial charge in [0.25, 0.3) is 5.56 Å². The zero-order chi connectivity index (χ0) is 20.0.